The predicted molar refractivity (Wildman–Crippen MR) is 144 cm³/mol. The van der Waals surface area contributed by atoms with E-state index in [1.807, 2.05) is 42.2 Å². The highest BCUT2D eigenvalue weighted by atomic mass is 15.3. The maximum atomic E-state index is 9.19. The Morgan fingerprint density at radius 3 is 2.49 bits per heavy atom. The SMILES string of the molecule is CCc1cc2ncc3c(c(-c4ccc(C#N)cc4)nn3C)c2cc1CCc1cccc(N(C)C)c1. The van der Waals surface area contributed by atoms with E-state index in [2.05, 4.69) is 68.4 Å². The molecule has 2 aromatic heterocycles. The van der Waals surface area contributed by atoms with Crippen LogP contribution in [0.3, 0.4) is 0 Å². The summed E-state index contributed by atoms with van der Waals surface area (Å²) in [6.45, 7) is 2.21. The summed E-state index contributed by atoms with van der Waals surface area (Å²) in [5, 5.41) is 16.3. The first-order chi connectivity index (χ1) is 17.0. The van der Waals surface area contributed by atoms with Gasteiger partial charge in [0, 0.05) is 43.2 Å². The quantitative estimate of drug-likeness (QED) is 0.309. The van der Waals surface area contributed by atoms with Crippen molar-refractivity contribution >= 4 is 27.5 Å². The van der Waals surface area contributed by atoms with Crippen LogP contribution in [0, 0.1) is 11.3 Å². The third kappa shape index (κ3) is 4.24. The van der Waals surface area contributed by atoms with Crippen molar-refractivity contribution in [2.45, 2.75) is 26.2 Å². The van der Waals surface area contributed by atoms with E-state index in [1.54, 1.807) is 0 Å². The first-order valence-corrected chi connectivity index (χ1v) is 12.0. The zero-order chi connectivity index (χ0) is 24.5. The van der Waals surface area contributed by atoms with Crippen LogP contribution in [0.2, 0.25) is 0 Å². The number of nitrogens with zero attached hydrogens (tertiary/aromatic N) is 5. The fourth-order valence-electron chi connectivity index (χ4n) is 4.80. The summed E-state index contributed by atoms with van der Waals surface area (Å²) in [6.07, 6.45) is 4.85. The molecule has 0 bridgehead atoms. The first-order valence-electron chi connectivity index (χ1n) is 12.0. The Bertz CT molecular complexity index is 1570. The molecule has 5 rings (SSSR count). The highest BCUT2D eigenvalue weighted by molar-refractivity contribution is 6.11. The smallest absolute Gasteiger partial charge is 0.101 e. The number of hydrogen-bond acceptors (Lipinski definition) is 4. The molecule has 0 aliphatic rings. The van der Waals surface area contributed by atoms with Crippen LogP contribution >= 0.6 is 0 Å². The Morgan fingerprint density at radius 2 is 1.77 bits per heavy atom. The minimum absolute atomic E-state index is 0.647. The number of rotatable bonds is 6. The molecule has 3 aromatic carbocycles. The molecule has 5 nitrogen and oxygen atoms in total. The van der Waals surface area contributed by atoms with E-state index in [1.165, 1.54) is 22.4 Å². The van der Waals surface area contributed by atoms with Crippen LogP contribution in [0.1, 0.15) is 29.2 Å². The van der Waals surface area contributed by atoms with Gasteiger partial charge in [-0.25, -0.2) is 0 Å². The van der Waals surface area contributed by atoms with Crippen LogP contribution in [0.25, 0.3) is 33.1 Å². The molecule has 5 heteroatoms. The number of aromatic nitrogens is 3. The number of benzene rings is 3. The van der Waals surface area contributed by atoms with Gasteiger partial charge in [-0.05, 0) is 72.4 Å². The molecule has 0 aliphatic carbocycles. The molecule has 0 radical (unpaired) electrons. The second-order valence-electron chi connectivity index (χ2n) is 9.24. The average molecular weight is 460 g/mol. The van der Waals surface area contributed by atoms with Crippen molar-refractivity contribution in [1.29, 1.82) is 5.26 Å². The van der Waals surface area contributed by atoms with Crippen LogP contribution in [-0.4, -0.2) is 28.9 Å². The molecule has 0 saturated carbocycles. The molecule has 0 saturated heterocycles. The maximum absolute atomic E-state index is 9.19. The van der Waals surface area contributed by atoms with Crippen molar-refractivity contribution in [2.24, 2.45) is 7.05 Å². The fraction of sp³-hybridized carbons (Fsp3) is 0.233. The summed E-state index contributed by atoms with van der Waals surface area (Å²) in [5.41, 5.74) is 9.85. The first kappa shape index (κ1) is 22.6. The summed E-state index contributed by atoms with van der Waals surface area (Å²) >= 11 is 0. The minimum atomic E-state index is 0.647. The lowest BCUT2D eigenvalue weighted by Gasteiger charge is -2.14. The Kier molecular flexibility index (Phi) is 5.96. The number of nitriles is 1. The molecule has 2 heterocycles. The second kappa shape index (κ2) is 9.23. The number of hydrogen-bond donors (Lipinski definition) is 0. The molecule has 0 unspecified atom stereocenters. The number of aryl methyl sites for hydroxylation is 4. The number of fused-ring (bicyclic) bond motifs is 3. The maximum Gasteiger partial charge on any atom is 0.101 e. The van der Waals surface area contributed by atoms with Gasteiger partial charge in [0.1, 0.15) is 5.69 Å². The molecular formula is C30H29N5. The summed E-state index contributed by atoms with van der Waals surface area (Å²) in [7, 11) is 6.12. The fourth-order valence-corrected chi connectivity index (χ4v) is 4.80. The van der Waals surface area contributed by atoms with Crippen molar-refractivity contribution in [3.63, 3.8) is 0 Å². The lowest BCUT2D eigenvalue weighted by molar-refractivity contribution is 0.799. The lowest BCUT2D eigenvalue weighted by Crippen LogP contribution is -2.08. The largest absolute Gasteiger partial charge is 0.378 e. The molecule has 0 atom stereocenters. The van der Waals surface area contributed by atoms with Gasteiger partial charge in [0.15, 0.2) is 0 Å². The Morgan fingerprint density at radius 1 is 0.971 bits per heavy atom. The van der Waals surface area contributed by atoms with Gasteiger partial charge in [-0.1, -0.05) is 31.2 Å². The van der Waals surface area contributed by atoms with Crippen molar-refractivity contribution in [2.75, 3.05) is 19.0 Å². The van der Waals surface area contributed by atoms with Crippen molar-refractivity contribution < 1.29 is 0 Å². The molecule has 5 aromatic rings. The van der Waals surface area contributed by atoms with E-state index in [-0.39, 0.29) is 0 Å². The molecule has 35 heavy (non-hydrogen) atoms. The average Bonchev–Trinajstić information content (AvgIpc) is 3.23. The number of anilines is 1. The van der Waals surface area contributed by atoms with Gasteiger partial charge >= 0.3 is 0 Å². The normalized spacial score (nSPS) is 11.2. The van der Waals surface area contributed by atoms with Gasteiger partial charge in [0.25, 0.3) is 0 Å². The molecule has 0 amide bonds. The molecular weight excluding hydrogens is 430 g/mol. The van der Waals surface area contributed by atoms with Crippen molar-refractivity contribution in [3.8, 4) is 17.3 Å². The van der Waals surface area contributed by atoms with Gasteiger partial charge in [0.05, 0.1) is 28.9 Å². The van der Waals surface area contributed by atoms with Gasteiger partial charge in [-0.3, -0.25) is 9.67 Å². The van der Waals surface area contributed by atoms with Crippen LogP contribution in [0.5, 0.6) is 0 Å². The highest BCUT2D eigenvalue weighted by Crippen LogP contribution is 2.34. The standard InChI is InChI=1S/C30H29N5/c1-5-22-17-27-26(16-24(22)14-9-20-7-6-8-25(15-20)34(2)3)29-28(19-32-27)35(4)33-30(29)23-12-10-21(18-31)11-13-23/h6-8,10-13,15-17,19H,5,9,14H2,1-4H3. The lowest BCUT2D eigenvalue weighted by atomic mass is 9.94. The monoisotopic (exact) mass is 459 g/mol. The highest BCUT2D eigenvalue weighted by Gasteiger charge is 2.16. The van der Waals surface area contributed by atoms with Crippen LogP contribution in [-0.2, 0) is 26.3 Å². The minimum Gasteiger partial charge on any atom is -0.378 e. The Balaban J connectivity index is 1.62. The van der Waals surface area contributed by atoms with E-state index >= 15 is 0 Å². The van der Waals surface area contributed by atoms with E-state index in [9.17, 15) is 5.26 Å². The van der Waals surface area contributed by atoms with E-state index in [4.69, 9.17) is 10.1 Å². The number of pyridine rings is 1. The summed E-state index contributed by atoms with van der Waals surface area (Å²) < 4.78 is 1.90. The van der Waals surface area contributed by atoms with Gasteiger partial charge in [-0.2, -0.15) is 10.4 Å². The third-order valence-corrected chi connectivity index (χ3v) is 6.78. The van der Waals surface area contributed by atoms with Gasteiger partial charge in [-0.15, -0.1) is 0 Å². The zero-order valence-corrected chi connectivity index (χ0v) is 20.7. The Labute approximate surface area is 206 Å². The zero-order valence-electron chi connectivity index (χ0n) is 20.7. The Hall–Kier alpha value is -4.17. The second-order valence-corrected chi connectivity index (χ2v) is 9.24. The van der Waals surface area contributed by atoms with Crippen LogP contribution in [0.4, 0.5) is 5.69 Å². The molecule has 0 N–H and O–H groups in total. The molecule has 0 spiro atoms. The topological polar surface area (TPSA) is 57.7 Å². The molecule has 174 valence electrons. The summed E-state index contributed by atoms with van der Waals surface area (Å²) in [4.78, 5) is 6.94. The summed E-state index contributed by atoms with van der Waals surface area (Å²) in [6, 6.07) is 23.2. The van der Waals surface area contributed by atoms with Crippen LogP contribution in [0.15, 0.2) is 66.9 Å². The van der Waals surface area contributed by atoms with Crippen LogP contribution < -0.4 is 4.90 Å². The summed E-state index contributed by atoms with van der Waals surface area (Å²) in [5.74, 6) is 0. The predicted octanol–water partition coefficient (Wildman–Crippen LogP) is 6.07. The van der Waals surface area contributed by atoms with Gasteiger partial charge < -0.3 is 4.90 Å². The third-order valence-electron chi connectivity index (χ3n) is 6.78. The van der Waals surface area contributed by atoms with E-state index < -0.39 is 0 Å². The molecule has 0 aliphatic heterocycles. The van der Waals surface area contributed by atoms with Crippen molar-refractivity contribution in [1.82, 2.24) is 14.8 Å². The van der Waals surface area contributed by atoms with E-state index in [0.717, 1.165) is 52.3 Å². The van der Waals surface area contributed by atoms with E-state index in [0.29, 0.717) is 5.56 Å². The van der Waals surface area contributed by atoms with Gasteiger partial charge in [0.2, 0.25) is 0 Å². The van der Waals surface area contributed by atoms with Crippen molar-refractivity contribution in [3.05, 3.63) is 89.1 Å². The molecule has 0 fully saturated rings.